The molecule has 0 radical (unpaired) electrons. The lowest BCUT2D eigenvalue weighted by Crippen LogP contribution is -2.48. The molecule has 0 unspecified atom stereocenters. The van der Waals surface area contributed by atoms with Crippen LogP contribution in [0.5, 0.6) is 0 Å². The van der Waals surface area contributed by atoms with Crippen molar-refractivity contribution >= 4 is 23.2 Å². The molecule has 2 heterocycles. The van der Waals surface area contributed by atoms with Gasteiger partial charge in [0.1, 0.15) is 6.54 Å². The normalized spacial score (nSPS) is 19.0. The Labute approximate surface area is 212 Å². The molecule has 2 aliphatic rings. The van der Waals surface area contributed by atoms with E-state index in [-0.39, 0.29) is 17.9 Å². The topological polar surface area (TPSA) is 62.5 Å². The lowest BCUT2D eigenvalue weighted by molar-refractivity contribution is -0.140. The summed E-state index contributed by atoms with van der Waals surface area (Å²) >= 11 is 6.01. The Morgan fingerprint density at radius 1 is 1.03 bits per heavy atom. The molecule has 35 heavy (non-hydrogen) atoms. The van der Waals surface area contributed by atoms with Crippen molar-refractivity contribution in [1.82, 2.24) is 15.0 Å². The first kappa shape index (κ1) is 23.9. The highest BCUT2D eigenvalue weighted by atomic mass is 35.5. The molecular weight excluding hydrogens is 460 g/mol. The van der Waals surface area contributed by atoms with Crippen molar-refractivity contribution in [2.75, 3.05) is 18.0 Å². The molecule has 1 saturated heterocycles. The lowest BCUT2D eigenvalue weighted by Gasteiger charge is -2.39. The highest BCUT2D eigenvalue weighted by molar-refractivity contribution is 6.30. The summed E-state index contributed by atoms with van der Waals surface area (Å²) in [6, 6.07) is 16.2. The number of hydrogen-bond acceptors (Lipinski definition) is 5. The number of amides is 1. The van der Waals surface area contributed by atoms with Gasteiger partial charge in [-0.2, -0.15) is 4.98 Å². The number of benzene rings is 2. The molecule has 1 amide bonds. The van der Waals surface area contributed by atoms with Crippen molar-refractivity contribution in [3.05, 3.63) is 65.0 Å². The number of anilines is 1. The molecular formula is C28H33ClN4O2. The number of aromatic nitrogens is 2. The summed E-state index contributed by atoms with van der Waals surface area (Å²) in [6.07, 6.45) is 7.58. The summed E-state index contributed by atoms with van der Waals surface area (Å²) in [7, 11) is 0. The van der Waals surface area contributed by atoms with Gasteiger partial charge in [0, 0.05) is 35.4 Å². The zero-order valence-corrected chi connectivity index (χ0v) is 21.1. The van der Waals surface area contributed by atoms with E-state index in [4.69, 9.17) is 16.1 Å². The number of halogens is 1. The third kappa shape index (κ3) is 5.69. The van der Waals surface area contributed by atoms with Crippen LogP contribution in [0.25, 0.3) is 11.4 Å². The fraction of sp³-hybridized carbons (Fsp3) is 0.464. The molecule has 1 aromatic heterocycles. The van der Waals surface area contributed by atoms with E-state index in [1.807, 2.05) is 29.2 Å². The number of aryl methyl sites for hydroxylation is 1. The summed E-state index contributed by atoms with van der Waals surface area (Å²) in [4.78, 5) is 23.0. The molecule has 2 aromatic carbocycles. The molecule has 6 nitrogen and oxygen atoms in total. The van der Waals surface area contributed by atoms with Gasteiger partial charge in [-0.15, -0.1) is 0 Å². The predicted octanol–water partition coefficient (Wildman–Crippen LogP) is 6.28. The standard InChI is InChI=1S/C28H33ClN4O2/c1-20-9-15-24(16-10-20)32-17-5-6-22(18-32)28(34)33(25-7-3-2-4-8-25)19-26-30-27(31-35-26)21-11-13-23(29)14-12-21/h9-16,22,25H,2-8,17-19H2,1H3/t22-/m1/s1. The second kappa shape index (κ2) is 10.8. The van der Waals surface area contributed by atoms with Gasteiger partial charge in [0.15, 0.2) is 0 Å². The first-order valence-corrected chi connectivity index (χ1v) is 13.2. The monoisotopic (exact) mass is 492 g/mol. The van der Waals surface area contributed by atoms with Crippen LogP contribution in [0.1, 0.15) is 56.4 Å². The van der Waals surface area contributed by atoms with Crippen LogP contribution < -0.4 is 4.90 Å². The van der Waals surface area contributed by atoms with Gasteiger partial charge in [-0.25, -0.2) is 0 Å². The Morgan fingerprint density at radius 3 is 2.51 bits per heavy atom. The van der Waals surface area contributed by atoms with Gasteiger partial charge in [0.05, 0.1) is 5.92 Å². The van der Waals surface area contributed by atoms with Gasteiger partial charge < -0.3 is 14.3 Å². The molecule has 1 saturated carbocycles. The Morgan fingerprint density at radius 2 is 1.77 bits per heavy atom. The molecule has 1 aliphatic heterocycles. The maximum atomic E-state index is 13.9. The molecule has 5 rings (SSSR count). The quantitative estimate of drug-likeness (QED) is 0.405. The maximum Gasteiger partial charge on any atom is 0.246 e. The molecule has 3 aromatic rings. The molecule has 1 aliphatic carbocycles. The fourth-order valence-corrected chi connectivity index (χ4v) is 5.49. The minimum Gasteiger partial charge on any atom is -0.371 e. The van der Waals surface area contributed by atoms with E-state index in [2.05, 4.69) is 46.2 Å². The van der Waals surface area contributed by atoms with Gasteiger partial charge in [-0.3, -0.25) is 4.79 Å². The molecule has 184 valence electrons. The van der Waals surface area contributed by atoms with Gasteiger partial charge in [0.2, 0.25) is 17.6 Å². The minimum atomic E-state index is -0.0226. The third-order valence-corrected chi connectivity index (χ3v) is 7.60. The van der Waals surface area contributed by atoms with Crippen LogP contribution in [-0.4, -0.2) is 40.1 Å². The van der Waals surface area contributed by atoms with Crippen molar-refractivity contribution in [1.29, 1.82) is 0 Å². The molecule has 1 atom stereocenters. The van der Waals surface area contributed by atoms with E-state index in [1.165, 1.54) is 17.7 Å². The first-order chi connectivity index (χ1) is 17.1. The van der Waals surface area contributed by atoms with Crippen molar-refractivity contribution < 1.29 is 9.32 Å². The van der Waals surface area contributed by atoms with Crippen LogP contribution in [0, 0.1) is 12.8 Å². The maximum absolute atomic E-state index is 13.9. The number of carbonyl (C=O) groups is 1. The van der Waals surface area contributed by atoms with Gasteiger partial charge in [0.25, 0.3) is 0 Å². The molecule has 0 N–H and O–H groups in total. The smallest absolute Gasteiger partial charge is 0.246 e. The van der Waals surface area contributed by atoms with Crippen molar-refractivity contribution in [3.8, 4) is 11.4 Å². The Kier molecular flexibility index (Phi) is 7.37. The van der Waals surface area contributed by atoms with E-state index in [1.54, 1.807) is 0 Å². The number of nitrogens with zero attached hydrogens (tertiary/aromatic N) is 4. The second-order valence-corrected chi connectivity index (χ2v) is 10.3. The Balaban J connectivity index is 1.33. The Hall–Kier alpha value is -2.86. The van der Waals surface area contributed by atoms with E-state index < -0.39 is 0 Å². The van der Waals surface area contributed by atoms with Crippen LogP contribution >= 0.6 is 11.6 Å². The highest BCUT2D eigenvalue weighted by Gasteiger charge is 2.34. The highest BCUT2D eigenvalue weighted by Crippen LogP contribution is 2.30. The number of carbonyl (C=O) groups excluding carboxylic acids is 1. The van der Waals surface area contributed by atoms with Crippen LogP contribution in [0.2, 0.25) is 5.02 Å². The zero-order chi connectivity index (χ0) is 24.2. The number of hydrogen-bond donors (Lipinski definition) is 0. The van der Waals surface area contributed by atoms with Crippen LogP contribution in [0.4, 0.5) is 5.69 Å². The number of rotatable bonds is 6. The Bertz CT molecular complexity index is 1120. The van der Waals surface area contributed by atoms with Gasteiger partial charge >= 0.3 is 0 Å². The first-order valence-electron chi connectivity index (χ1n) is 12.8. The molecule has 0 bridgehead atoms. The average molecular weight is 493 g/mol. The van der Waals surface area contributed by atoms with Crippen molar-refractivity contribution in [2.24, 2.45) is 5.92 Å². The molecule has 7 heteroatoms. The third-order valence-electron chi connectivity index (χ3n) is 7.34. The van der Waals surface area contributed by atoms with E-state index in [0.29, 0.717) is 23.3 Å². The number of piperidine rings is 1. The fourth-order valence-electron chi connectivity index (χ4n) is 5.36. The summed E-state index contributed by atoms with van der Waals surface area (Å²) < 4.78 is 5.61. The van der Waals surface area contributed by atoms with E-state index >= 15 is 0 Å². The van der Waals surface area contributed by atoms with Gasteiger partial charge in [-0.05, 0) is 69.0 Å². The lowest BCUT2D eigenvalue weighted by atomic mass is 9.91. The summed E-state index contributed by atoms with van der Waals surface area (Å²) in [5.41, 5.74) is 3.29. The summed E-state index contributed by atoms with van der Waals surface area (Å²) in [5, 5.41) is 4.84. The summed E-state index contributed by atoms with van der Waals surface area (Å²) in [5.74, 6) is 1.21. The minimum absolute atomic E-state index is 0.0226. The van der Waals surface area contributed by atoms with Crippen LogP contribution in [0.15, 0.2) is 53.1 Å². The van der Waals surface area contributed by atoms with Crippen LogP contribution in [-0.2, 0) is 11.3 Å². The second-order valence-electron chi connectivity index (χ2n) is 9.90. The largest absolute Gasteiger partial charge is 0.371 e. The molecule has 0 spiro atoms. The van der Waals surface area contributed by atoms with Gasteiger partial charge in [-0.1, -0.05) is 53.7 Å². The van der Waals surface area contributed by atoms with Crippen LogP contribution in [0.3, 0.4) is 0 Å². The SMILES string of the molecule is Cc1ccc(N2CCC[C@@H](C(=O)N(Cc3nc(-c4ccc(Cl)cc4)no3)C3CCCCC3)C2)cc1. The zero-order valence-electron chi connectivity index (χ0n) is 20.3. The van der Waals surface area contributed by atoms with E-state index in [0.717, 1.165) is 57.2 Å². The van der Waals surface area contributed by atoms with E-state index in [9.17, 15) is 4.79 Å². The average Bonchev–Trinajstić information content (AvgIpc) is 3.37. The van der Waals surface area contributed by atoms with Crippen molar-refractivity contribution in [3.63, 3.8) is 0 Å². The summed E-state index contributed by atoms with van der Waals surface area (Å²) in [6.45, 7) is 4.21. The van der Waals surface area contributed by atoms with Crippen molar-refractivity contribution in [2.45, 2.75) is 64.5 Å². The predicted molar refractivity (Wildman–Crippen MR) is 138 cm³/mol. The molecule has 2 fully saturated rings.